The van der Waals surface area contributed by atoms with E-state index in [0.29, 0.717) is 37.7 Å². The minimum atomic E-state index is -0.445. The highest BCUT2D eigenvalue weighted by molar-refractivity contribution is 6.31. The van der Waals surface area contributed by atoms with E-state index in [4.69, 9.17) is 16.3 Å². The molecule has 1 aromatic rings. The van der Waals surface area contributed by atoms with Crippen molar-refractivity contribution in [1.29, 1.82) is 0 Å². The molecule has 3 rings (SSSR count). The molecule has 6 nitrogen and oxygen atoms in total. The number of halogens is 1. The number of hydrogen-bond donors (Lipinski definition) is 3. The Morgan fingerprint density at radius 3 is 2.83 bits per heavy atom. The molecule has 24 heavy (non-hydrogen) atoms. The van der Waals surface area contributed by atoms with Crippen LogP contribution in [-0.2, 0) is 9.53 Å². The van der Waals surface area contributed by atoms with Crippen LogP contribution in [0, 0.1) is 0 Å². The first-order chi connectivity index (χ1) is 11.6. The number of carbonyl (C=O) groups is 1. The molecule has 0 spiro atoms. The SMILES string of the molecule is O=C(NCC(c1ccccc1Cl)N1CCOCC1)C1CC(O)CN1. The maximum Gasteiger partial charge on any atom is 0.237 e. The number of aliphatic hydroxyl groups excluding tert-OH is 1. The van der Waals surface area contributed by atoms with Gasteiger partial charge in [0.1, 0.15) is 0 Å². The Bertz CT molecular complexity index is 566. The van der Waals surface area contributed by atoms with Crippen molar-refractivity contribution in [3.8, 4) is 0 Å². The topological polar surface area (TPSA) is 73.8 Å². The van der Waals surface area contributed by atoms with E-state index in [1.165, 1.54) is 0 Å². The summed E-state index contributed by atoms with van der Waals surface area (Å²) in [5.41, 5.74) is 1.01. The molecular formula is C17H24ClN3O3. The average molecular weight is 354 g/mol. The summed E-state index contributed by atoms with van der Waals surface area (Å²) < 4.78 is 5.43. The molecule has 0 aromatic heterocycles. The minimum Gasteiger partial charge on any atom is -0.392 e. The number of nitrogens with one attached hydrogen (secondary N) is 2. The van der Waals surface area contributed by atoms with Crippen molar-refractivity contribution in [1.82, 2.24) is 15.5 Å². The van der Waals surface area contributed by atoms with Crippen molar-refractivity contribution < 1.29 is 14.6 Å². The lowest BCUT2D eigenvalue weighted by molar-refractivity contribution is -0.123. The fraction of sp³-hybridized carbons (Fsp3) is 0.588. The van der Waals surface area contributed by atoms with Gasteiger partial charge in [0.05, 0.1) is 31.4 Å². The van der Waals surface area contributed by atoms with Crippen LogP contribution < -0.4 is 10.6 Å². The van der Waals surface area contributed by atoms with Crippen molar-refractivity contribution in [2.45, 2.75) is 24.6 Å². The number of ether oxygens (including phenoxy) is 1. The van der Waals surface area contributed by atoms with E-state index in [2.05, 4.69) is 15.5 Å². The molecular weight excluding hydrogens is 330 g/mol. The van der Waals surface area contributed by atoms with Gasteiger partial charge in [-0.15, -0.1) is 0 Å². The summed E-state index contributed by atoms with van der Waals surface area (Å²) in [5, 5.41) is 16.3. The number of rotatable bonds is 5. The maximum atomic E-state index is 12.3. The molecule has 3 N–H and O–H groups in total. The Balaban J connectivity index is 1.68. The smallest absolute Gasteiger partial charge is 0.237 e. The second-order valence-corrected chi connectivity index (χ2v) is 6.69. The van der Waals surface area contributed by atoms with Gasteiger partial charge in [-0.05, 0) is 18.1 Å². The van der Waals surface area contributed by atoms with Crippen LogP contribution in [0.2, 0.25) is 5.02 Å². The number of hydrogen-bond acceptors (Lipinski definition) is 5. The third-order valence-corrected chi connectivity index (χ3v) is 4.99. The molecule has 7 heteroatoms. The summed E-state index contributed by atoms with van der Waals surface area (Å²) in [6.07, 6.45) is 0.0134. The van der Waals surface area contributed by atoms with Crippen LogP contribution in [0.5, 0.6) is 0 Å². The zero-order valence-corrected chi connectivity index (χ0v) is 14.3. The van der Waals surface area contributed by atoms with Crippen LogP contribution in [-0.4, -0.2) is 67.5 Å². The van der Waals surface area contributed by atoms with E-state index in [-0.39, 0.29) is 18.0 Å². The number of β-amino-alcohol motifs (C(OH)–C–C–N with tert-alkyl or cyclic N) is 1. The van der Waals surface area contributed by atoms with Gasteiger partial charge >= 0.3 is 0 Å². The third kappa shape index (κ3) is 4.26. The van der Waals surface area contributed by atoms with Gasteiger partial charge in [-0.25, -0.2) is 0 Å². The summed E-state index contributed by atoms with van der Waals surface area (Å²) in [6, 6.07) is 7.44. The molecule has 1 amide bonds. The lowest BCUT2D eigenvalue weighted by atomic mass is 10.0. The second kappa shape index (κ2) is 8.27. The summed E-state index contributed by atoms with van der Waals surface area (Å²) in [5.74, 6) is -0.0723. The van der Waals surface area contributed by atoms with E-state index in [0.717, 1.165) is 18.7 Å². The van der Waals surface area contributed by atoms with Gasteiger partial charge in [0.15, 0.2) is 0 Å². The minimum absolute atomic E-state index is 0.0119. The highest BCUT2D eigenvalue weighted by atomic mass is 35.5. The Labute approximate surface area is 147 Å². The Morgan fingerprint density at radius 1 is 1.42 bits per heavy atom. The molecule has 2 aliphatic heterocycles. The number of carbonyl (C=O) groups excluding carboxylic acids is 1. The Kier molecular flexibility index (Phi) is 6.08. The van der Waals surface area contributed by atoms with Gasteiger partial charge < -0.3 is 20.5 Å². The summed E-state index contributed by atoms with van der Waals surface area (Å²) in [4.78, 5) is 14.6. The van der Waals surface area contributed by atoms with Gasteiger partial charge in [0, 0.05) is 31.2 Å². The Morgan fingerprint density at radius 2 is 2.17 bits per heavy atom. The number of morpholine rings is 1. The molecule has 0 bridgehead atoms. The van der Waals surface area contributed by atoms with Gasteiger partial charge in [-0.2, -0.15) is 0 Å². The van der Waals surface area contributed by atoms with Crippen LogP contribution in [0.1, 0.15) is 18.0 Å². The average Bonchev–Trinajstić information content (AvgIpc) is 3.04. The van der Waals surface area contributed by atoms with Crippen LogP contribution in [0.15, 0.2) is 24.3 Å². The van der Waals surface area contributed by atoms with Crippen LogP contribution in [0.4, 0.5) is 0 Å². The first kappa shape index (κ1) is 17.6. The first-order valence-corrected chi connectivity index (χ1v) is 8.78. The number of aliphatic hydroxyl groups is 1. The highest BCUT2D eigenvalue weighted by Crippen LogP contribution is 2.27. The molecule has 3 unspecified atom stereocenters. The van der Waals surface area contributed by atoms with Gasteiger partial charge in [-0.1, -0.05) is 29.8 Å². The molecule has 2 fully saturated rings. The molecule has 3 atom stereocenters. The summed E-state index contributed by atoms with van der Waals surface area (Å²) >= 11 is 6.38. The fourth-order valence-electron chi connectivity index (χ4n) is 3.31. The second-order valence-electron chi connectivity index (χ2n) is 6.28. The van der Waals surface area contributed by atoms with Crippen LogP contribution in [0.25, 0.3) is 0 Å². The zero-order chi connectivity index (χ0) is 16.9. The van der Waals surface area contributed by atoms with E-state index in [9.17, 15) is 9.90 Å². The Hall–Kier alpha value is -1.18. The predicted molar refractivity (Wildman–Crippen MR) is 92.0 cm³/mol. The molecule has 0 saturated carbocycles. The van der Waals surface area contributed by atoms with Gasteiger partial charge in [-0.3, -0.25) is 9.69 Å². The molecule has 0 radical (unpaired) electrons. The summed E-state index contributed by atoms with van der Waals surface area (Å²) in [7, 11) is 0. The maximum absolute atomic E-state index is 12.3. The van der Waals surface area contributed by atoms with E-state index in [1.54, 1.807) is 0 Å². The molecule has 132 valence electrons. The van der Waals surface area contributed by atoms with Crippen molar-refractivity contribution in [3.63, 3.8) is 0 Å². The largest absolute Gasteiger partial charge is 0.392 e. The number of amides is 1. The first-order valence-electron chi connectivity index (χ1n) is 8.40. The lowest BCUT2D eigenvalue weighted by Gasteiger charge is -2.35. The van der Waals surface area contributed by atoms with E-state index < -0.39 is 6.10 Å². The number of nitrogens with zero attached hydrogens (tertiary/aromatic N) is 1. The third-order valence-electron chi connectivity index (χ3n) is 4.64. The fourth-order valence-corrected chi connectivity index (χ4v) is 3.57. The van der Waals surface area contributed by atoms with E-state index in [1.807, 2.05) is 24.3 Å². The summed E-state index contributed by atoms with van der Waals surface area (Å²) in [6.45, 7) is 3.95. The van der Waals surface area contributed by atoms with Crippen molar-refractivity contribution >= 4 is 17.5 Å². The van der Waals surface area contributed by atoms with Crippen LogP contribution >= 0.6 is 11.6 Å². The van der Waals surface area contributed by atoms with Crippen molar-refractivity contribution in [2.75, 3.05) is 39.4 Å². The zero-order valence-electron chi connectivity index (χ0n) is 13.6. The van der Waals surface area contributed by atoms with Crippen molar-refractivity contribution in [3.05, 3.63) is 34.9 Å². The molecule has 2 heterocycles. The molecule has 0 aliphatic carbocycles. The molecule has 2 aliphatic rings. The number of benzene rings is 1. The monoisotopic (exact) mass is 353 g/mol. The van der Waals surface area contributed by atoms with Crippen LogP contribution in [0.3, 0.4) is 0 Å². The molecule has 1 aromatic carbocycles. The van der Waals surface area contributed by atoms with E-state index >= 15 is 0 Å². The predicted octanol–water partition coefficient (Wildman–Crippen LogP) is 0.552. The van der Waals surface area contributed by atoms with Gasteiger partial charge in [0.2, 0.25) is 5.91 Å². The normalized spacial score (nSPS) is 26.2. The lowest BCUT2D eigenvalue weighted by Crippen LogP contribution is -2.47. The standard InChI is InChI=1S/C17H24ClN3O3/c18-14-4-2-1-3-13(14)16(21-5-7-24-8-6-21)11-20-17(23)15-9-12(22)10-19-15/h1-4,12,15-16,19,22H,5-11H2,(H,20,23). The molecule has 2 saturated heterocycles. The highest BCUT2D eigenvalue weighted by Gasteiger charge is 2.30. The quantitative estimate of drug-likeness (QED) is 0.721. The van der Waals surface area contributed by atoms with Gasteiger partial charge in [0.25, 0.3) is 0 Å². The van der Waals surface area contributed by atoms with Crippen molar-refractivity contribution in [2.24, 2.45) is 0 Å².